The molecule has 3 aromatic rings. The fraction of sp³-hybridized carbons (Fsp3) is 0.344. The Labute approximate surface area is 225 Å². The maximum Gasteiger partial charge on any atom is 0.340 e. The van der Waals surface area contributed by atoms with E-state index >= 15 is 0 Å². The summed E-state index contributed by atoms with van der Waals surface area (Å²) in [5, 5.41) is 2.80. The van der Waals surface area contributed by atoms with E-state index < -0.39 is 12.2 Å². The molecule has 1 aliphatic rings. The number of nitrogens with one attached hydrogen (secondary N) is 1. The number of carbonyl (C=O) groups is 3. The van der Waals surface area contributed by atoms with E-state index in [2.05, 4.69) is 30.4 Å². The highest BCUT2D eigenvalue weighted by atomic mass is 16.6. The molecule has 1 aliphatic carbocycles. The largest absolute Gasteiger partial charge is 0.438 e. The lowest BCUT2D eigenvalue weighted by molar-refractivity contribution is -0.124. The Balaban J connectivity index is 1.40. The Morgan fingerprint density at radius 1 is 0.921 bits per heavy atom. The van der Waals surface area contributed by atoms with Crippen molar-refractivity contribution in [1.82, 2.24) is 5.32 Å². The molecule has 6 nitrogen and oxygen atoms in total. The number of amides is 2. The van der Waals surface area contributed by atoms with Crippen LogP contribution in [0.15, 0.2) is 78.9 Å². The van der Waals surface area contributed by atoms with Crippen molar-refractivity contribution in [3.8, 4) is 0 Å². The third kappa shape index (κ3) is 7.31. The fourth-order valence-corrected chi connectivity index (χ4v) is 4.88. The Hall–Kier alpha value is -3.93. The van der Waals surface area contributed by atoms with Gasteiger partial charge in [-0.05, 0) is 55.2 Å². The Morgan fingerprint density at radius 3 is 2.29 bits per heavy atom. The molecule has 1 unspecified atom stereocenters. The minimum absolute atomic E-state index is 0.0647. The van der Waals surface area contributed by atoms with Gasteiger partial charge in [0.1, 0.15) is 0 Å². The molecule has 0 heterocycles. The second-order valence-corrected chi connectivity index (χ2v) is 9.97. The molecule has 4 rings (SSSR count). The number of carbonyl (C=O) groups excluding carboxylic acids is 3. The van der Waals surface area contributed by atoms with Crippen LogP contribution in [0.1, 0.15) is 66.1 Å². The summed E-state index contributed by atoms with van der Waals surface area (Å²) in [7, 11) is 0. The summed E-state index contributed by atoms with van der Waals surface area (Å²) in [6, 6.07) is 24.6. The molecule has 0 bridgehead atoms. The fourth-order valence-electron chi connectivity index (χ4n) is 4.88. The van der Waals surface area contributed by atoms with Crippen LogP contribution in [-0.2, 0) is 27.3 Å². The van der Waals surface area contributed by atoms with Gasteiger partial charge in [0.25, 0.3) is 0 Å². The number of anilines is 1. The first-order valence-electron chi connectivity index (χ1n) is 13.4. The number of esters is 1. The summed E-state index contributed by atoms with van der Waals surface area (Å²) in [5.41, 5.74) is 4.35. The molecule has 38 heavy (non-hydrogen) atoms. The van der Waals surface area contributed by atoms with Crippen LogP contribution in [0.4, 0.5) is 5.69 Å². The Bertz CT molecular complexity index is 1230. The third-order valence-corrected chi connectivity index (χ3v) is 6.96. The Kier molecular flexibility index (Phi) is 9.30. The number of ether oxygens (including phenoxy) is 1. The van der Waals surface area contributed by atoms with Gasteiger partial charge in [-0.2, -0.15) is 0 Å². The average molecular weight is 513 g/mol. The number of rotatable bonds is 10. The molecule has 6 heteroatoms. The molecule has 1 N–H and O–H groups in total. The van der Waals surface area contributed by atoms with Crippen molar-refractivity contribution >= 4 is 23.5 Å². The van der Waals surface area contributed by atoms with Gasteiger partial charge in [0.2, 0.25) is 11.8 Å². The highest BCUT2D eigenvalue weighted by Crippen LogP contribution is 2.30. The first kappa shape index (κ1) is 27.1. The lowest BCUT2D eigenvalue weighted by Gasteiger charge is -2.26. The summed E-state index contributed by atoms with van der Waals surface area (Å²) in [6.07, 6.45) is 3.98. The maximum absolute atomic E-state index is 13.5. The minimum Gasteiger partial charge on any atom is -0.438 e. The minimum atomic E-state index is -0.705. The van der Waals surface area contributed by atoms with Crippen LogP contribution in [0, 0.1) is 12.8 Å². The third-order valence-electron chi connectivity index (χ3n) is 6.96. The number of hydrogen-bond donors (Lipinski definition) is 1. The van der Waals surface area contributed by atoms with Crippen molar-refractivity contribution in [2.24, 2.45) is 5.92 Å². The standard InChI is InChI=1S/C32H36N2O4/c1-3-30(38-32(37)27-14-5-4-6-15-27)33-29(35)21-24-16-18-28(19-17-24)34(31(36)26-12-7-8-13-26)22-25-11-9-10-23(2)20-25/h4-6,9-11,14-20,26,30H,3,7-8,12-13,21-22H2,1-2H3,(H,33,35). The number of benzene rings is 3. The highest BCUT2D eigenvalue weighted by molar-refractivity contribution is 5.95. The van der Waals surface area contributed by atoms with Crippen molar-refractivity contribution in [3.63, 3.8) is 0 Å². The van der Waals surface area contributed by atoms with E-state index in [4.69, 9.17) is 4.74 Å². The quantitative estimate of drug-likeness (QED) is 0.268. The summed E-state index contributed by atoms with van der Waals surface area (Å²) in [6.45, 7) is 4.42. The summed E-state index contributed by atoms with van der Waals surface area (Å²) in [5.74, 6) is -0.470. The van der Waals surface area contributed by atoms with Gasteiger partial charge >= 0.3 is 5.97 Å². The lowest BCUT2D eigenvalue weighted by atomic mass is 10.0. The lowest BCUT2D eigenvalue weighted by Crippen LogP contribution is -2.38. The smallest absolute Gasteiger partial charge is 0.340 e. The number of nitrogens with zero attached hydrogens (tertiary/aromatic N) is 1. The van der Waals surface area contributed by atoms with E-state index in [-0.39, 0.29) is 24.2 Å². The molecule has 198 valence electrons. The van der Waals surface area contributed by atoms with Gasteiger partial charge in [0, 0.05) is 18.0 Å². The van der Waals surface area contributed by atoms with E-state index in [1.807, 2.05) is 48.2 Å². The van der Waals surface area contributed by atoms with Gasteiger partial charge in [-0.1, -0.05) is 79.9 Å². The molecular weight excluding hydrogens is 476 g/mol. The van der Waals surface area contributed by atoms with Crippen LogP contribution in [0.2, 0.25) is 0 Å². The zero-order valence-electron chi connectivity index (χ0n) is 22.2. The van der Waals surface area contributed by atoms with Crippen LogP contribution in [0.5, 0.6) is 0 Å². The summed E-state index contributed by atoms with van der Waals surface area (Å²) < 4.78 is 5.47. The molecule has 0 spiro atoms. The van der Waals surface area contributed by atoms with Crippen molar-refractivity contribution in [1.29, 1.82) is 0 Å². The van der Waals surface area contributed by atoms with Crippen molar-refractivity contribution in [2.45, 2.75) is 65.1 Å². The van der Waals surface area contributed by atoms with Crippen LogP contribution in [-0.4, -0.2) is 24.0 Å². The van der Waals surface area contributed by atoms with Gasteiger partial charge in [-0.3, -0.25) is 9.59 Å². The molecule has 0 saturated heterocycles. The van der Waals surface area contributed by atoms with Gasteiger partial charge in [0.05, 0.1) is 18.5 Å². The van der Waals surface area contributed by atoms with Crippen LogP contribution < -0.4 is 10.2 Å². The van der Waals surface area contributed by atoms with Gasteiger partial charge in [-0.15, -0.1) is 0 Å². The topological polar surface area (TPSA) is 75.7 Å². The van der Waals surface area contributed by atoms with Crippen molar-refractivity contribution in [2.75, 3.05) is 4.90 Å². The number of hydrogen-bond acceptors (Lipinski definition) is 4. The second kappa shape index (κ2) is 13.0. The van der Waals surface area contributed by atoms with Crippen LogP contribution in [0.3, 0.4) is 0 Å². The maximum atomic E-state index is 13.5. The first-order chi connectivity index (χ1) is 18.4. The van der Waals surface area contributed by atoms with Crippen molar-refractivity contribution < 1.29 is 19.1 Å². The molecule has 1 fully saturated rings. The Morgan fingerprint density at radius 2 is 1.63 bits per heavy atom. The van der Waals surface area contributed by atoms with Crippen molar-refractivity contribution in [3.05, 3.63) is 101 Å². The normalized spacial score (nSPS) is 14.1. The summed E-state index contributed by atoms with van der Waals surface area (Å²) >= 11 is 0. The molecule has 0 aromatic heterocycles. The zero-order valence-corrected chi connectivity index (χ0v) is 22.2. The SMILES string of the molecule is CCC(NC(=O)Cc1ccc(N(Cc2cccc(C)c2)C(=O)C2CCCC2)cc1)OC(=O)c1ccccc1. The van der Waals surface area contributed by atoms with Gasteiger partial charge < -0.3 is 15.0 Å². The van der Waals surface area contributed by atoms with Crippen LogP contribution in [0.25, 0.3) is 0 Å². The first-order valence-corrected chi connectivity index (χ1v) is 13.4. The van der Waals surface area contributed by atoms with E-state index in [1.54, 1.807) is 24.3 Å². The monoisotopic (exact) mass is 512 g/mol. The molecular formula is C32H36N2O4. The molecule has 1 atom stereocenters. The highest BCUT2D eigenvalue weighted by Gasteiger charge is 2.28. The average Bonchev–Trinajstić information content (AvgIpc) is 3.47. The molecule has 3 aromatic carbocycles. The van der Waals surface area contributed by atoms with E-state index in [0.29, 0.717) is 18.5 Å². The summed E-state index contributed by atoms with van der Waals surface area (Å²) in [4.78, 5) is 40.4. The number of aryl methyl sites for hydroxylation is 1. The van der Waals surface area contributed by atoms with E-state index in [0.717, 1.165) is 48.1 Å². The predicted octanol–water partition coefficient (Wildman–Crippen LogP) is 5.97. The van der Waals surface area contributed by atoms with E-state index in [1.165, 1.54) is 0 Å². The van der Waals surface area contributed by atoms with E-state index in [9.17, 15) is 14.4 Å². The van der Waals surface area contributed by atoms with Gasteiger partial charge in [0.15, 0.2) is 6.23 Å². The zero-order chi connectivity index (χ0) is 26.9. The van der Waals surface area contributed by atoms with Gasteiger partial charge in [-0.25, -0.2) is 4.79 Å². The van der Waals surface area contributed by atoms with Crippen LogP contribution >= 0.6 is 0 Å². The second-order valence-electron chi connectivity index (χ2n) is 9.97. The molecule has 2 amide bonds. The molecule has 1 saturated carbocycles. The predicted molar refractivity (Wildman–Crippen MR) is 149 cm³/mol. The molecule has 0 aliphatic heterocycles. The molecule has 0 radical (unpaired) electrons.